The maximum absolute atomic E-state index is 4.86. The Bertz CT molecular complexity index is 1250. The van der Waals surface area contributed by atoms with E-state index in [-0.39, 0.29) is 0 Å². The van der Waals surface area contributed by atoms with Crippen LogP contribution in [0.15, 0.2) is 80.0 Å². The fraction of sp³-hybridized carbons (Fsp3) is 0.148. The van der Waals surface area contributed by atoms with Gasteiger partial charge in [-0.05, 0) is 33.8 Å². The molecule has 3 aromatic rings. The Hall–Kier alpha value is -3.79. The molecule has 1 aromatic carbocycles. The summed E-state index contributed by atoms with van der Waals surface area (Å²) in [6.07, 6.45) is 15.5. The van der Waals surface area contributed by atoms with Gasteiger partial charge in [-0.15, -0.1) is 0 Å². The number of rotatable bonds is 7. The number of fused-ring (bicyclic) bond motifs is 1. The van der Waals surface area contributed by atoms with Gasteiger partial charge in [0.1, 0.15) is 0 Å². The summed E-state index contributed by atoms with van der Waals surface area (Å²) >= 11 is 0. The van der Waals surface area contributed by atoms with Crippen molar-refractivity contribution in [3.05, 3.63) is 103 Å². The molecule has 4 nitrogen and oxygen atoms in total. The van der Waals surface area contributed by atoms with Gasteiger partial charge >= 0.3 is 0 Å². The molecule has 0 unspecified atom stereocenters. The zero-order chi connectivity index (χ0) is 22.4. The molecule has 0 atom stereocenters. The predicted molar refractivity (Wildman–Crippen MR) is 133 cm³/mol. The van der Waals surface area contributed by atoms with Crippen LogP contribution in [-0.2, 0) is 0 Å². The van der Waals surface area contributed by atoms with Crippen LogP contribution in [0.1, 0.15) is 43.7 Å². The number of para-hydroxylation sites is 1. The van der Waals surface area contributed by atoms with Gasteiger partial charge in [0.25, 0.3) is 0 Å². The number of nitrogens with zero attached hydrogens (tertiary/aromatic N) is 4. The van der Waals surface area contributed by atoms with Crippen molar-refractivity contribution in [1.29, 1.82) is 0 Å². The Morgan fingerprint density at radius 1 is 0.903 bits per heavy atom. The lowest BCUT2D eigenvalue weighted by Crippen LogP contribution is -2.10. The van der Waals surface area contributed by atoms with E-state index in [1.54, 1.807) is 6.08 Å². The summed E-state index contributed by atoms with van der Waals surface area (Å²) in [6.45, 7) is 15.9. The Morgan fingerprint density at radius 2 is 1.55 bits per heavy atom. The highest BCUT2D eigenvalue weighted by Gasteiger charge is 2.18. The number of aromatic nitrogens is 4. The van der Waals surface area contributed by atoms with Gasteiger partial charge in [0.05, 0.1) is 5.52 Å². The molecule has 4 heteroatoms. The lowest BCUT2D eigenvalue weighted by Gasteiger charge is -2.12. The van der Waals surface area contributed by atoms with Gasteiger partial charge in [-0.25, -0.2) is 4.98 Å². The van der Waals surface area contributed by atoms with Crippen LogP contribution in [0.4, 0.5) is 0 Å². The van der Waals surface area contributed by atoms with E-state index in [1.807, 2.05) is 75.4 Å². The van der Waals surface area contributed by atoms with E-state index in [0.717, 1.165) is 33.3 Å². The summed E-state index contributed by atoms with van der Waals surface area (Å²) in [4.78, 5) is 14.5. The van der Waals surface area contributed by atoms with E-state index in [2.05, 4.69) is 36.8 Å². The van der Waals surface area contributed by atoms with E-state index in [1.165, 1.54) is 0 Å². The van der Waals surface area contributed by atoms with Crippen molar-refractivity contribution in [3.63, 3.8) is 0 Å². The van der Waals surface area contributed by atoms with Crippen LogP contribution >= 0.6 is 0 Å². The van der Waals surface area contributed by atoms with Crippen LogP contribution in [0, 0.1) is 6.92 Å². The van der Waals surface area contributed by atoms with Gasteiger partial charge in [-0.1, -0.05) is 80.0 Å². The van der Waals surface area contributed by atoms with Gasteiger partial charge in [-0.2, -0.15) is 9.97 Å². The van der Waals surface area contributed by atoms with E-state index >= 15 is 0 Å². The average Bonchev–Trinajstić information content (AvgIpc) is 3.07. The summed E-state index contributed by atoms with van der Waals surface area (Å²) in [5.74, 6) is 1.79. The lowest BCUT2D eigenvalue weighted by atomic mass is 10.1. The smallest absolute Gasteiger partial charge is 0.238 e. The standard InChI is InChI=1S/C27H28N4/c1-7-14-20(10-4)25-28-26(21(15-8-2)16-9-3)30-27(29-25)31-19(6)22(11-5)23-17-12-13-18-24(23)31/h7-18H,2,5H2,1,3-4,6H3/b14-7-,16-9-,20-10+,21-15+. The molecular weight excluding hydrogens is 380 g/mol. The average molecular weight is 409 g/mol. The summed E-state index contributed by atoms with van der Waals surface area (Å²) in [5, 5.41) is 1.12. The molecule has 0 aliphatic rings. The summed E-state index contributed by atoms with van der Waals surface area (Å²) in [7, 11) is 0. The van der Waals surface area contributed by atoms with Gasteiger partial charge in [0, 0.05) is 27.8 Å². The topological polar surface area (TPSA) is 43.6 Å². The Kier molecular flexibility index (Phi) is 6.93. The first-order valence-corrected chi connectivity index (χ1v) is 10.3. The molecule has 0 radical (unpaired) electrons. The lowest BCUT2D eigenvalue weighted by molar-refractivity contribution is 0.875. The number of hydrogen-bond acceptors (Lipinski definition) is 3. The second-order valence-electron chi connectivity index (χ2n) is 6.94. The van der Waals surface area contributed by atoms with Crippen molar-refractivity contribution in [2.24, 2.45) is 0 Å². The third kappa shape index (κ3) is 4.24. The summed E-state index contributed by atoms with van der Waals surface area (Å²) in [6, 6.07) is 8.23. The van der Waals surface area contributed by atoms with E-state index in [9.17, 15) is 0 Å². The number of benzene rings is 1. The van der Waals surface area contributed by atoms with E-state index in [4.69, 9.17) is 15.0 Å². The second-order valence-corrected chi connectivity index (χ2v) is 6.94. The maximum Gasteiger partial charge on any atom is 0.238 e. The molecule has 2 heterocycles. The molecule has 0 bridgehead atoms. The van der Waals surface area contributed by atoms with Crippen LogP contribution in [0.25, 0.3) is 34.1 Å². The minimum absolute atomic E-state index is 0.574. The molecular formula is C27H28N4. The highest BCUT2D eigenvalue weighted by molar-refractivity contribution is 5.92. The monoisotopic (exact) mass is 408 g/mol. The molecule has 3 rings (SSSR count). The summed E-state index contributed by atoms with van der Waals surface area (Å²) < 4.78 is 2.07. The van der Waals surface area contributed by atoms with Crippen molar-refractivity contribution >= 4 is 28.1 Å². The fourth-order valence-electron chi connectivity index (χ4n) is 3.62. The Morgan fingerprint density at radius 3 is 2.16 bits per heavy atom. The maximum atomic E-state index is 4.86. The van der Waals surface area contributed by atoms with Gasteiger partial charge in [0.15, 0.2) is 11.6 Å². The Balaban J connectivity index is 2.41. The highest BCUT2D eigenvalue weighted by Crippen LogP contribution is 2.29. The van der Waals surface area contributed by atoms with Crippen LogP contribution < -0.4 is 0 Å². The molecule has 0 saturated carbocycles. The second kappa shape index (κ2) is 9.81. The molecule has 2 aromatic heterocycles. The first-order chi connectivity index (χ1) is 15.1. The largest absolute Gasteiger partial charge is 0.282 e. The number of hydrogen-bond donors (Lipinski definition) is 0. The highest BCUT2D eigenvalue weighted by atomic mass is 15.2. The van der Waals surface area contributed by atoms with E-state index in [0.29, 0.717) is 17.6 Å². The van der Waals surface area contributed by atoms with Crippen LogP contribution in [0.3, 0.4) is 0 Å². The van der Waals surface area contributed by atoms with Crippen molar-refractivity contribution in [1.82, 2.24) is 19.5 Å². The molecule has 31 heavy (non-hydrogen) atoms. The first kappa shape index (κ1) is 21.9. The molecule has 0 N–H and O–H groups in total. The van der Waals surface area contributed by atoms with E-state index < -0.39 is 0 Å². The zero-order valence-corrected chi connectivity index (χ0v) is 18.6. The molecule has 0 saturated heterocycles. The zero-order valence-electron chi connectivity index (χ0n) is 18.6. The SMILES string of the molecule is C=C/C=C(\C=C/C)c1nc(C(/C=C\C)=C/C)nc(-n2c(C)c(C=C)c3ccccc32)n1. The van der Waals surface area contributed by atoms with Gasteiger partial charge in [-0.3, -0.25) is 4.57 Å². The third-order valence-corrected chi connectivity index (χ3v) is 5.01. The Labute approximate surface area is 184 Å². The van der Waals surface area contributed by atoms with Crippen LogP contribution in [0.2, 0.25) is 0 Å². The quantitative estimate of drug-likeness (QED) is 0.400. The van der Waals surface area contributed by atoms with Crippen molar-refractivity contribution < 1.29 is 0 Å². The molecule has 0 aliphatic carbocycles. The van der Waals surface area contributed by atoms with Crippen LogP contribution in [0.5, 0.6) is 0 Å². The molecule has 0 spiro atoms. The fourth-order valence-corrected chi connectivity index (χ4v) is 3.62. The summed E-state index contributed by atoms with van der Waals surface area (Å²) in [5.41, 5.74) is 4.95. The minimum Gasteiger partial charge on any atom is -0.282 e. The first-order valence-electron chi connectivity index (χ1n) is 10.3. The minimum atomic E-state index is 0.574. The van der Waals surface area contributed by atoms with Gasteiger partial charge in [0.2, 0.25) is 5.95 Å². The molecule has 0 amide bonds. The predicted octanol–water partition coefficient (Wildman–Crippen LogP) is 6.89. The third-order valence-electron chi connectivity index (χ3n) is 5.01. The van der Waals surface area contributed by atoms with Gasteiger partial charge < -0.3 is 0 Å². The van der Waals surface area contributed by atoms with Crippen molar-refractivity contribution in [2.75, 3.05) is 0 Å². The molecule has 156 valence electrons. The van der Waals surface area contributed by atoms with Crippen molar-refractivity contribution in [3.8, 4) is 5.95 Å². The molecule has 0 aliphatic heterocycles. The van der Waals surface area contributed by atoms with Crippen molar-refractivity contribution in [2.45, 2.75) is 27.7 Å². The number of allylic oxidation sites excluding steroid dienone is 9. The normalized spacial score (nSPS) is 12.9. The molecule has 0 fully saturated rings. The van der Waals surface area contributed by atoms with Crippen LogP contribution in [-0.4, -0.2) is 19.5 Å².